The summed E-state index contributed by atoms with van der Waals surface area (Å²) in [5, 5.41) is 16.5. The van der Waals surface area contributed by atoms with Crippen molar-refractivity contribution in [1.29, 1.82) is 5.26 Å². The van der Waals surface area contributed by atoms with Crippen LogP contribution in [0.5, 0.6) is 0 Å². The van der Waals surface area contributed by atoms with Gasteiger partial charge in [-0.1, -0.05) is 12.1 Å². The van der Waals surface area contributed by atoms with Crippen LogP contribution in [0.2, 0.25) is 0 Å². The number of aromatic nitrogens is 2. The third-order valence-corrected chi connectivity index (χ3v) is 5.03. The summed E-state index contributed by atoms with van der Waals surface area (Å²) in [5.41, 5.74) is 3.17. The number of carbonyl (C=O) groups excluding carboxylic acids is 1. The Balaban J connectivity index is 2.01. The summed E-state index contributed by atoms with van der Waals surface area (Å²) in [4.78, 5) is 10.7. The normalized spacial score (nSPS) is 11.0. The highest BCUT2D eigenvalue weighted by Gasteiger charge is 2.13. The maximum Gasteiger partial charge on any atom is 0.175 e. The van der Waals surface area contributed by atoms with Crippen molar-refractivity contribution in [1.82, 2.24) is 9.78 Å². The second-order valence-corrected chi connectivity index (χ2v) is 7.85. The molecule has 0 unspecified atom stereocenters. The maximum absolute atomic E-state index is 11.6. The highest BCUT2D eigenvalue weighted by molar-refractivity contribution is 7.90. The SMILES string of the molecule is CS(=O)(=O)c1ccc(-c2cc(C#N)nn2-c2ccc(NCC=O)cc2)cc1. The minimum Gasteiger partial charge on any atom is -0.378 e. The average molecular weight is 380 g/mol. The van der Waals surface area contributed by atoms with Crippen molar-refractivity contribution in [3.63, 3.8) is 0 Å². The van der Waals surface area contributed by atoms with Crippen molar-refractivity contribution >= 4 is 21.8 Å². The number of hydrogen-bond acceptors (Lipinski definition) is 6. The summed E-state index contributed by atoms with van der Waals surface area (Å²) in [6.07, 6.45) is 1.93. The second-order valence-electron chi connectivity index (χ2n) is 5.83. The number of nitrogens with zero attached hydrogens (tertiary/aromatic N) is 3. The van der Waals surface area contributed by atoms with E-state index in [1.165, 1.54) is 12.1 Å². The van der Waals surface area contributed by atoms with E-state index >= 15 is 0 Å². The highest BCUT2D eigenvalue weighted by atomic mass is 32.2. The van der Waals surface area contributed by atoms with Crippen LogP contribution in [-0.2, 0) is 14.6 Å². The maximum atomic E-state index is 11.6. The molecule has 7 nitrogen and oxygen atoms in total. The van der Waals surface area contributed by atoms with E-state index in [2.05, 4.69) is 10.4 Å². The number of anilines is 1. The van der Waals surface area contributed by atoms with Gasteiger partial charge < -0.3 is 10.1 Å². The average Bonchev–Trinajstić information content (AvgIpc) is 3.11. The first-order valence-electron chi connectivity index (χ1n) is 8.01. The number of benzene rings is 2. The van der Waals surface area contributed by atoms with Crippen LogP contribution >= 0.6 is 0 Å². The van der Waals surface area contributed by atoms with Crippen molar-refractivity contribution in [2.24, 2.45) is 0 Å². The minimum atomic E-state index is -3.28. The number of nitriles is 1. The first-order valence-corrected chi connectivity index (χ1v) is 9.90. The zero-order valence-corrected chi connectivity index (χ0v) is 15.3. The lowest BCUT2D eigenvalue weighted by atomic mass is 10.1. The smallest absolute Gasteiger partial charge is 0.175 e. The molecule has 27 heavy (non-hydrogen) atoms. The molecule has 8 heteroatoms. The predicted molar refractivity (Wildman–Crippen MR) is 101 cm³/mol. The topological polar surface area (TPSA) is 105 Å². The number of carbonyl (C=O) groups is 1. The lowest BCUT2D eigenvalue weighted by Gasteiger charge is -2.09. The van der Waals surface area contributed by atoms with Gasteiger partial charge in [-0.05, 0) is 36.4 Å². The monoisotopic (exact) mass is 380 g/mol. The summed E-state index contributed by atoms with van der Waals surface area (Å²) in [7, 11) is -3.28. The van der Waals surface area contributed by atoms with Gasteiger partial charge in [-0.2, -0.15) is 10.4 Å². The van der Waals surface area contributed by atoms with Crippen molar-refractivity contribution in [2.75, 3.05) is 18.1 Å². The van der Waals surface area contributed by atoms with Gasteiger partial charge in [0.25, 0.3) is 0 Å². The van der Waals surface area contributed by atoms with Crippen molar-refractivity contribution < 1.29 is 13.2 Å². The third kappa shape index (κ3) is 4.04. The third-order valence-electron chi connectivity index (χ3n) is 3.90. The van der Waals surface area contributed by atoms with E-state index in [1.807, 2.05) is 30.3 Å². The van der Waals surface area contributed by atoms with E-state index in [9.17, 15) is 18.5 Å². The molecule has 0 amide bonds. The Labute approximate surface area is 156 Å². The quantitative estimate of drug-likeness (QED) is 0.659. The first-order chi connectivity index (χ1) is 12.9. The summed E-state index contributed by atoms with van der Waals surface area (Å²) < 4.78 is 24.9. The van der Waals surface area contributed by atoms with Gasteiger partial charge in [0.1, 0.15) is 12.4 Å². The van der Waals surface area contributed by atoms with Gasteiger partial charge in [-0.15, -0.1) is 0 Å². The molecule has 1 heterocycles. The van der Waals surface area contributed by atoms with Crippen molar-refractivity contribution in [3.8, 4) is 23.0 Å². The van der Waals surface area contributed by atoms with Gasteiger partial charge in [0.2, 0.25) is 0 Å². The van der Waals surface area contributed by atoms with E-state index in [-0.39, 0.29) is 17.1 Å². The molecule has 0 fully saturated rings. The Morgan fingerprint density at radius 1 is 1.15 bits per heavy atom. The van der Waals surface area contributed by atoms with Crippen LogP contribution in [-0.4, -0.2) is 37.3 Å². The molecule has 136 valence electrons. The molecule has 3 rings (SSSR count). The molecule has 0 radical (unpaired) electrons. The minimum absolute atomic E-state index is 0.220. The van der Waals surface area contributed by atoms with E-state index in [1.54, 1.807) is 22.9 Å². The van der Waals surface area contributed by atoms with Gasteiger partial charge in [-0.25, -0.2) is 13.1 Å². The fraction of sp³-hybridized carbons (Fsp3) is 0.105. The molecule has 0 aliphatic heterocycles. The van der Waals surface area contributed by atoms with Crippen molar-refractivity contribution in [2.45, 2.75) is 4.90 Å². The first kappa shape index (κ1) is 18.4. The van der Waals surface area contributed by atoms with E-state index in [0.29, 0.717) is 5.69 Å². The van der Waals surface area contributed by atoms with Crippen LogP contribution in [0.3, 0.4) is 0 Å². The van der Waals surface area contributed by atoms with Gasteiger partial charge >= 0.3 is 0 Å². The molecule has 0 saturated heterocycles. The van der Waals surface area contributed by atoms with Crippen LogP contribution in [0.15, 0.2) is 59.5 Å². The number of aldehydes is 1. The fourth-order valence-electron chi connectivity index (χ4n) is 2.59. The highest BCUT2D eigenvalue weighted by Crippen LogP contribution is 2.26. The molecule has 0 spiro atoms. The Morgan fingerprint density at radius 3 is 2.37 bits per heavy atom. The molecular formula is C19H16N4O3S. The van der Waals surface area contributed by atoms with Gasteiger partial charge in [0.15, 0.2) is 15.5 Å². The molecule has 1 N–H and O–H groups in total. The number of hydrogen-bond donors (Lipinski definition) is 1. The zero-order chi connectivity index (χ0) is 19.4. The summed E-state index contributed by atoms with van der Waals surface area (Å²) in [6.45, 7) is 0.220. The largest absolute Gasteiger partial charge is 0.378 e. The van der Waals surface area contributed by atoms with E-state index in [0.717, 1.165) is 29.5 Å². The van der Waals surface area contributed by atoms with Gasteiger partial charge in [0.05, 0.1) is 22.8 Å². The van der Waals surface area contributed by atoms with E-state index in [4.69, 9.17) is 0 Å². The Hall–Kier alpha value is -3.44. The van der Waals surface area contributed by atoms with Crippen LogP contribution in [0.4, 0.5) is 5.69 Å². The standard InChI is InChI=1S/C19H16N4O3S/c1-27(25,26)18-8-2-14(3-9-18)19-12-16(13-20)22-23(19)17-6-4-15(5-7-17)21-10-11-24/h2-9,11-12,21H,10H2,1H3. The summed E-state index contributed by atoms with van der Waals surface area (Å²) in [5.74, 6) is 0. The van der Waals surface area contributed by atoms with Crippen molar-refractivity contribution in [3.05, 3.63) is 60.3 Å². The van der Waals surface area contributed by atoms with Crippen LogP contribution in [0, 0.1) is 11.3 Å². The lowest BCUT2D eigenvalue weighted by Crippen LogP contribution is -2.03. The Kier molecular flexibility index (Phi) is 5.05. The predicted octanol–water partition coefficient (Wildman–Crippen LogP) is 2.43. The molecule has 0 saturated carbocycles. The Morgan fingerprint density at radius 2 is 1.81 bits per heavy atom. The lowest BCUT2D eigenvalue weighted by molar-refractivity contribution is -0.106. The van der Waals surface area contributed by atoms with Gasteiger partial charge in [0, 0.05) is 23.6 Å². The number of rotatable bonds is 6. The fourth-order valence-corrected chi connectivity index (χ4v) is 3.22. The summed E-state index contributed by atoms with van der Waals surface area (Å²) in [6, 6.07) is 17.3. The molecule has 3 aromatic rings. The molecular weight excluding hydrogens is 364 g/mol. The second kappa shape index (κ2) is 7.43. The molecule has 0 aliphatic carbocycles. The molecule has 0 aliphatic rings. The van der Waals surface area contributed by atoms with Crippen LogP contribution in [0.1, 0.15) is 5.69 Å². The molecule has 0 atom stereocenters. The Bertz CT molecular complexity index is 1110. The number of nitrogens with one attached hydrogen (secondary N) is 1. The van der Waals surface area contributed by atoms with E-state index < -0.39 is 9.84 Å². The van der Waals surface area contributed by atoms with Crippen LogP contribution in [0.25, 0.3) is 16.9 Å². The molecule has 1 aromatic heterocycles. The molecule has 2 aromatic carbocycles. The number of sulfone groups is 1. The molecule has 0 bridgehead atoms. The summed E-state index contributed by atoms with van der Waals surface area (Å²) >= 11 is 0. The van der Waals surface area contributed by atoms with Gasteiger partial charge in [-0.3, -0.25) is 0 Å². The van der Waals surface area contributed by atoms with Crippen LogP contribution < -0.4 is 5.32 Å². The zero-order valence-electron chi connectivity index (χ0n) is 14.5.